The SMILES string of the molecule is CNCCCOc1cc2nccc(Nc3c(F)cc(NC)cc3F)c2cc1OC. The Morgan fingerprint density at radius 2 is 1.79 bits per heavy atom. The standard InChI is InChI=1S/C21H24F2N4O2/c1-24-6-4-8-29-20-12-18-14(11-19(20)28-3)17(5-7-26-18)27-21-15(22)9-13(25-2)10-16(21)23/h5,7,9-12,24-25H,4,6,8H2,1-3H3,(H,26,27). The van der Waals surface area contributed by atoms with Crippen molar-refractivity contribution in [3.63, 3.8) is 0 Å². The van der Waals surface area contributed by atoms with Gasteiger partial charge in [-0.1, -0.05) is 0 Å². The molecule has 0 spiro atoms. The fourth-order valence-corrected chi connectivity index (χ4v) is 2.94. The van der Waals surface area contributed by atoms with Crippen LogP contribution in [0.4, 0.5) is 25.8 Å². The van der Waals surface area contributed by atoms with Gasteiger partial charge in [-0.05, 0) is 44.3 Å². The molecule has 0 radical (unpaired) electrons. The summed E-state index contributed by atoms with van der Waals surface area (Å²) < 4.78 is 40.0. The number of pyridine rings is 1. The normalized spacial score (nSPS) is 10.8. The summed E-state index contributed by atoms with van der Waals surface area (Å²) in [6, 6.07) is 7.62. The molecule has 0 aliphatic heterocycles. The number of hydrogen-bond acceptors (Lipinski definition) is 6. The lowest BCUT2D eigenvalue weighted by Gasteiger charge is -2.15. The first-order valence-electron chi connectivity index (χ1n) is 9.25. The minimum absolute atomic E-state index is 0.233. The highest BCUT2D eigenvalue weighted by Gasteiger charge is 2.15. The fraction of sp³-hybridized carbons (Fsp3) is 0.286. The second-order valence-electron chi connectivity index (χ2n) is 6.37. The predicted molar refractivity (Wildman–Crippen MR) is 112 cm³/mol. The van der Waals surface area contributed by atoms with Crippen molar-refractivity contribution < 1.29 is 18.3 Å². The molecule has 1 aromatic heterocycles. The molecule has 3 N–H and O–H groups in total. The molecule has 0 aliphatic carbocycles. The minimum atomic E-state index is -0.698. The number of nitrogens with one attached hydrogen (secondary N) is 3. The van der Waals surface area contributed by atoms with E-state index in [9.17, 15) is 8.78 Å². The molecule has 0 saturated carbocycles. The van der Waals surface area contributed by atoms with Gasteiger partial charge in [-0.25, -0.2) is 8.78 Å². The Labute approximate surface area is 168 Å². The van der Waals surface area contributed by atoms with Crippen molar-refractivity contribution in [2.24, 2.45) is 0 Å². The van der Waals surface area contributed by atoms with E-state index in [0.717, 1.165) is 13.0 Å². The fourth-order valence-electron chi connectivity index (χ4n) is 2.94. The van der Waals surface area contributed by atoms with Crippen LogP contribution < -0.4 is 25.4 Å². The molecule has 0 fully saturated rings. The van der Waals surface area contributed by atoms with Crippen LogP contribution in [0, 0.1) is 11.6 Å². The molecule has 0 atom stereocenters. The van der Waals surface area contributed by atoms with E-state index in [1.54, 1.807) is 38.6 Å². The summed E-state index contributed by atoms with van der Waals surface area (Å²) >= 11 is 0. The summed E-state index contributed by atoms with van der Waals surface area (Å²) in [6.07, 6.45) is 2.41. The van der Waals surface area contributed by atoms with Crippen molar-refractivity contribution in [2.45, 2.75) is 6.42 Å². The number of rotatable bonds is 9. The highest BCUT2D eigenvalue weighted by atomic mass is 19.1. The molecule has 0 unspecified atom stereocenters. The number of methoxy groups -OCH3 is 1. The first kappa shape index (κ1) is 20.6. The van der Waals surface area contributed by atoms with Crippen molar-refractivity contribution >= 4 is 28.0 Å². The van der Waals surface area contributed by atoms with Crippen molar-refractivity contribution in [1.29, 1.82) is 0 Å². The van der Waals surface area contributed by atoms with Gasteiger partial charge in [-0.2, -0.15) is 0 Å². The average molecular weight is 402 g/mol. The quantitative estimate of drug-likeness (QED) is 0.464. The van der Waals surface area contributed by atoms with Crippen LogP contribution >= 0.6 is 0 Å². The van der Waals surface area contributed by atoms with E-state index < -0.39 is 11.6 Å². The Morgan fingerprint density at radius 1 is 1.03 bits per heavy atom. The monoisotopic (exact) mass is 402 g/mol. The third-order valence-corrected chi connectivity index (χ3v) is 4.45. The molecule has 6 nitrogen and oxygen atoms in total. The van der Waals surface area contributed by atoms with E-state index in [-0.39, 0.29) is 5.69 Å². The highest BCUT2D eigenvalue weighted by Crippen LogP contribution is 2.36. The van der Waals surface area contributed by atoms with Gasteiger partial charge >= 0.3 is 0 Å². The smallest absolute Gasteiger partial charge is 0.163 e. The van der Waals surface area contributed by atoms with E-state index in [2.05, 4.69) is 20.9 Å². The molecule has 8 heteroatoms. The minimum Gasteiger partial charge on any atom is -0.493 e. The van der Waals surface area contributed by atoms with Crippen molar-refractivity contribution in [2.75, 3.05) is 45.0 Å². The maximum atomic E-state index is 14.4. The summed E-state index contributed by atoms with van der Waals surface area (Å²) in [6.45, 7) is 1.36. The lowest BCUT2D eigenvalue weighted by molar-refractivity contribution is 0.289. The largest absolute Gasteiger partial charge is 0.493 e. The lowest BCUT2D eigenvalue weighted by Crippen LogP contribution is -2.11. The van der Waals surface area contributed by atoms with Crippen molar-refractivity contribution in [3.05, 3.63) is 48.2 Å². The summed E-state index contributed by atoms with van der Waals surface area (Å²) in [5, 5.41) is 9.28. The number of fused-ring (bicyclic) bond motifs is 1. The molecular weight excluding hydrogens is 378 g/mol. The molecule has 0 aliphatic rings. The summed E-state index contributed by atoms with van der Waals surface area (Å²) in [4.78, 5) is 4.35. The van der Waals surface area contributed by atoms with Crippen LogP contribution in [-0.2, 0) is 0 Å². The number of ether oxygens (including phenoxy) is 2. The van der Waals surface area contributed by atoms with Gasteiger partial charge in [-0.3, -0.25) is 4.98 Å². The highest BCUT2D eigenvalue weighted by molar-refractivity contribution is 5.95. The van der Waals surface area contributed by atoms with Gasteiger partial charge in [0, 0.05) is 36.1 Å². The number of benzene rings is 2. The van der Waals surface area contributed by atoms with E-state index in [1.165, 1.54) is 12.1 Å². The molecule has 29 heavy (non-hydrogen) atoms. The van der Waals surface area contributed by atoms with Gasteiger partial charge in [0.2, 0.25) is 0 Å². The molecule has 2 aromatic carbocycles. The van der Waals surface area contributed by atoms with E-state index in [1.807, 2.05) is 7.05 Å². The zero-order valence-corrected chi connectivity index (χ0v) is 16.6. The molecule has 3 aromatic rings. The van der Waals surface area contributed by atoms with Gasteiger partial charge in [0.05, 0.1) is 19.2 Å². The Kier molecular flexibility index (Phi) is 6.66. The van der Waals surface area contributed by atoms with E-state index >= 15 is 0 Å². The van der Waals surface area contributed by atoms with Crippen LogP contribution in [-0.4, -0.2) is 39.3 Å². The summed E-state index contributed by atoms with van der Waals surface area (Å²) in [5.74, 6) is -0.313. The maximum Gasteiger partial charge on any atom is 0.163 e. The number of anilines is 3. The van der Waals surface area contributed by atoms with Crippen LogP contribution in [0.5, 0.6) is 11.5 Å². The van der Waals surface area contributed by atoms with Crippen LogP contribution in [0.15, 0.2) is 36.5 Å². The van der Waals surface area contributed by atoms with Crippen molar-refractivity contribution in [1.82, 2.24) is 10.3 Å². The van der Waals surface area contributed by atoms with Gasteiger partial charge in [0.15, 0.2) is 23.1 Å². The van der Waals surface area contributed by atoms with E-state index in [4.69, 9.17) is 9.47 Å². The Hall–Kier alpha value is -3.13. The number of aromatic nitrogens is 1. The van der Waals surface area contributed by atoms with Gasteiger partial charge in [0.1, 0.15) is 5.69 Å². The second kappa shape index (κ2) is 9.38. The topological polar surface area (TPSA) is 67.4 Å². The van der Waals surface area contributed by atoms with Crippen LogP contribution in [0.1, 0.15) is 6.42 Å². The lowest BCUT2D eigenvalue weighted by atomic mass is 10.1. The van der Waals surface area contributed by atoms with Crippen molar-refractivity contribution in [3.8, 4) is 11.5 Å². The van der Waals surface area contributed by atoms with Crippen LogP contribution in [0.25, 0.3) is 10.9 Å². The molecule has 154 valence electrons. The molecule has 1 heterocycles. The summed E-state index contributed by atoms with van der Waals surface area (Å²) in [5.41, 5.74) is 1.24. The summed E-state index contributed by atoms with van der Waals surface area (Å²) in [7, 11) is 5.02. The third kappa shape index (κ3) is 4.65. The molecule has 0 saturated heterocycles. The second-order valence-corrected chi connectivity index (χ2v) is 6.37. The Bertz CT molecular complexity index is 975. The first-order valence-corrected chi connectivity index (χ1v) is 9.25. The average Bonchev–Trinajstić information content (AvgIpc) is 2.73. The number of hydrogen-bond donors (Lipinski definition) is 3. The Morgan fingerprint density at radius 3 is 2.45 bits per heavy atom. The van der Waals surface area contributed by atoms with E-state index in [0.29, 0.717) is 40.4 Å². The first-order chi connectivity index (χ1) is 14.1. The molecule has 0 bridgehead atoms. The van der Waals surface area contributed by atoms with Crippen LogP contribution in [0.3, 0.4) is 0 Å². The number of halogens is 2. The molecular formula is C21H24F2N4O2. The van der Waals surface area contributed by atoms with Gasteiger partial charge in [0.25, 0.3) is 0 Å². The maximum absolute atomic E-state index is 14.4. The number of nitrogens with zero attached hydrogens (tertiary/aromatic N) is 1. The molecule has 0 amide bonds. The van der Waals surface area contributed by atoms with Crippen LogP contribution in [0.2, 0.25) is 0 Å². The van der Waals surface area contributed by atoms with Gasteiger partial charge < -0.3 is 25.4 Å². The third-order valence-electron chi connectivity index (χ3n) is 4.45. The zero-order valence-electron chi connectivity index (χ0n) is 16.6. The Balaban J connectivity index is 1.96. The predicted octanol–water partition coefficient (Wildman–Crippen LogP) is 4.30. The van der Waals surface area contributed by atoms with Gasteiger partial charge in [-0.15, -0.1) is 0 Å². The molecule has 3 rings (SSSR count). The zero-order chi connectivity index (χ0) is 20.8.